The van der Waals surface area contributed by atoms with Crippen LogP contribution in [0.15, 0.2) is 29.6 Å². The Labute approximate surface area is 144 Å². The van der Waals surface area contributed by atoms with Crippen LogP contribution in [0.25, 0.3) is 0 Å². The summed E-state index contributed by atoms with van der Waals surface area (Å²) in [4.78, 5) is 27.8. The first-order valence-electron chi connectivity index (χ1n) is 7.14. The maximum Gasteiger partial charge on any atom is 0.222 e. The Morgan fingerprint density at radius 1 is 1.30 bits per heavy atom. The molecule has 0 aliphatic carbocycles. The first kappa shape index (κ1) is 17.4. The average Bonchev–Trinajstić information content (AvgIpc) is 2.90. The van der Waals surface area contributed by atoms with Crippen molar-refractivity contribution in [2.45, 2.75) is 32.9 Å². The summed E-state index contributed by atoms with van der Waals surface area (Å²) in [6.07, 6.45) is 0.158. The minimum atomic E-state index is -0.386. The van der Waals surface area contributed by atoms with E-state index < -0.39 is 0 Å². The molecule has 2 N–H and O–H groups in total. The van der Waals surface area contributed by atoms with E-state index >= 15 is 0 Å². The molecule has 2 rings (SSSR count). The molecule has 0 saturated heterocycles. The Morgan fingerprint density at radius 2 is 2.00 bits per heavy atom. The Morgan fingerprint density at radius 3 is 2.57 bits per heavy atom. The van der Waals surface area contributed by atoms with Crippen LogP contribution >= 0.6 is 22.9 Å². The van der Waals surface area contributed by atoms with Crippen molar-refractivity contribution in [3.05, 3.63) is 50.9 Å². The molecule has 0 aliphatic heterocycles. The SMILES string of the molecule is CC(=O)NC(CC(=O)NCc1nc(C)cs1)c1ccc(Cl)cc1. The lowest BCUT2D eigenvalue weighted by atomic mass is 10.0. The summed E-state index contributed by atoms with van der Waals surface area (Å²) in [6, 6.07) is 6.70. The predicted octanol–water partition coefficient (Wildman–Crippen LogP) is 2.99. The average molecular weight is 352 g/mol. The minimum absolute atomic E-state index is 0.147. The molecule has 1 heterocycles. The van der Waals surface area contributed by atoms with Gasteiger partial charge in [0.1, 0.15) is 5.01 Å². The van der Waals surface area contributed by atoms with Gasteiger partial charge in [0.25, 0.3) is 0 Å². The standard InChI is InChI=1S/C16H18ClN3O2S/c1-10-9-23-16(19-10)8-18-15(22)7-14(20-11(2)21)12-3-5-13(17)6-4-12/h3-6,9,14H,7-8H2,1-2H3,(H,18,22)(H,20,21). The van der Waals surface area contributed by atoms with E-state index in [1.807, 2.05) is 12.3 Å². The molecule has 1 unspecified atom stereocenters. The molecule has 0 fully saturated rings. The van der Waals surface area contributed by atoms with E-state index in [1.54, 1.807) is 24.3 Å². The zero-order valence-electron chi connectivity index (χ0n) is 12.9. The summed E-state index contributed by atoms with van der Waals surface area (Å²) >= 11 is 7.38. The number of benzene rings is 1. The topological polar surface area (TPSA) is 71.1 Å². The van der Waals surface area contributed by atoms with E-state index in [-0.39, 0.29) is 24.3 Å². The molecule has 5 nitrogen and oxygen atoms in total. The molecule has 1 aromatic carbocycles. The molecule has 0 aliphatic rings. The third kappa shape index (κ3) is 5.65. The van der Waals surface area contributed by atoms with Gasteiger partial charge in [-0.2, -0.15) is 0 Å². The van der Waals surface area contributed by atoms with Gasteiger partial charge in [-0.05, 0) is 24.6 Å². The molecule has 23 heavy (non-hydrogen) atoms. The van der Waals surface area contributed by atoms with Crippen molar-refractivity contribution in [1.82, 2.24) is 15.6 Å². The van der Waals surface area contributed by atoms with E-state index in [9.17, 15) is 9.59 Å². The zero-order chi connectivity index (χ0) is 16.8. The molecule has 1 aromatic heterocycles. The second-order valence-corrected chi connectivity index (χ2v) is 6.55. The molecule has 0 radical (unpaired) electrons. The summed E-state index contributed by atoms with van der Waals surface area (Å²) in [5.41, 5.74) is 1.78. The summed E-state index contributed by atoms with van der Waals surface area (Å²) in [5, 5.41) is 9.03. The highest BCUT2D eigenvalue weighted by atomic mass is 35.5. The van der Waals surface area contributed by atoms with E-state index in [4.69, 9.17) is 11.6 Å². The maximum absolute atomic E-state index is 12.1. The third-order valence-electron chi connectivity index (χ3n) is 3.14. The molecule has 2 aromatic rings. The summed E-state index contributed by atoms with van der Waals surface area (Å²) in [6.45, 7) is 3.74. The number of nitrogens with zero attached hydrogens (tertiary/aromatic N) is 1. The molecular formula is C16H18ClN3O2S. The van der Waals surface area contributed by atoms with Crippen LogP contribution in [-0.4, -0.2) is 16.8 Å². The summed E-state index contributed by atoms with van der Waals surface area (Å²) < 4.78 is 0. The van der Waals surface area contributed by atoms with Gasteiger partial charge in [-0.25, -0.2) is 4.98 Å². The molecular weight excluding hydrogens is 334 g/mol. The van der Waals surface area contributed by atoms with Crippen molar-refractivity contribution < 1.29 is 9.59 Å². The Bertz CT molecular complexity index is 685. The number of hydrogen-bond donors (Lipinski definition) is 2. The first-order valence-corrected chi connectivity index (χ1v) is 8.40. The van der Waals surface area contributed by atoms with Gasteiger partial charge in [0.15, 0.2) is 0 Å². The van der Waals surface area contributed by atoms with Crippen LogP contribution in [0.5, 0.6) is 0 Å². The summed E-state index contributed by atoms with van der Waals surface area (Å²) in [7, 11) is 0. The zero-order valence-corrected chi connectivity index (χ0v) is 14.5. The van der Waals surface area contributed by atoms with Crippen molar-refractivity contribution in [1.29, 1.82) is 0 Å². The van der Waals surface area contributed by atoms with Crippen LogP contribution in [-0.2, 0) is 16.1 Å². The fraction of sp³-hybridized carbons (Fsp3) is 0.312. The van der Waals surface area contributed by atoms with Gasteiger partial charge in [0, 0.05) is 23.0 Å². The number of rotatable bonds is 6. The molecule has 1 atom stereocenters. The quantitative estimate of drug-likeness (QED) is 0.840. The largest absolute Gasteiger partial charge is 0.350 e. The third-order valence-corrected chi connectivity index (χ3v) is 4.36. The van der Waals surface area contributed by atoms with Crippen LogP contribution < -0.4 is 10.6 Å². The Hall–Kier alpha value is -1.92. The van der Waals surface area contributed by atoms with Crippen LogP contribution in [0.1, 0.15) is 35.7 Å². The number of hydrogen-bond acceptors (Lipinski definition) is 4. The summed E-state index contributed by atoms with van der Waals surface area (Å²) in [5.74, 6) is -0.333. The number of nitrogens with one attached hydrogen (secondary N) is 2. The van der Waals surface area contributed by atoms with Gasteiger partial charge in [-0.3, -0.25) is 9.59 Å². The van der Waals surface area contributed by atoms with Crippen LogP contribution in [0.2, 0.25) is 5.02 Å². The highest BCUT2D eigenvalue weighted by Gasteiger charge is 2.17. The predicted molar refractivity (Wildman–Crippen MR) is 91.3 cm³/mol. The molecule has 2 amide bonds. The van der Waals surface area contributed by atoms with E-state index in [1.165, 1.54) is 18.3 Å². The van der Waals surface area contributed by atoms with E-state index in [2.05, 4.69) is 15.6 Å². The maximum atomic E-state index is 12.1. The van der Waals surface area contributed by atoms with Crippen LogP contribution in [0.4, 0.5) is 0 Å². The number of thiazole rings is 1. The second-order valence-electron chi connectivity index (χ2n) is 5.17. The Kier molecular flexibility index (Phi) is 6.12. The van der Waals surface area contributed by atoms with Crippen molar-refractivity contribution in [2.24, 2.45) is 0 Å². The highest BCUT2D eigenvalue weighted by Crippen LogP contribution is 2.19. The number of aryl methyl sites for hydroxylation is 1. The smallest absolute Gasteiger partial charge is 0.222 e. The van der Waals surface area contributed by atoms with Crippen LogP contribution in [0.3, 0.4) is 0 Å². The Balaban J connectivity index is 1.97. The molecule has 122 valence electrons. The van der Waals surface area contributed by atoms with Crippen molar-refractivity contribution >= 4 is 34.8 Å². The number of carbonyl (C=O) groups is 2. The fourth-order valence-electron chi connectivity index (χ4n) is 2.11. The number of aromatic nitrogens is 1. The van der Waals surface area contributed by atoms with Crippen molar-refractivity contribution in [3.63, 3.8) is 0 Å². The van der Waals surface area contributed by atoms with Gasteiger partial charge >= 0.3 is 0 Å². The normalized spacial score (nSPS) is 11.8. The van der Waals surface area contributed by atoms with Gasteiger partial charge in [-0.15, -0.1) is 11.3 Å². The molecule has 0 spiro atoms. The van der Waals surface area contributed by atoms with Gasteiger partial charge < -0.3 is 10.6 Å². The van der Waals surface area contributed by atoms with E-state index in [0.29, 0.717) is 11.6 Å². The second kappa shape index (κ2) is 8.08. The van der Waals surface area contributed by atoms with Crippen LogP contribution in [0, 0.1) is 6.92 Å². The molecule has 0 saturated carbocycles. The lowest BCUT2D eigenvalue weighted by Gasteiger charge is -2.18. The van der Waals surface area contributed by atoms with Crippen molar-refractivity contribution in [2.75, 3.05) is 0 Å². The van der Waals surface area contributed by atoms with E-state index in [0.717, 1.165) is 16.3 Å². The monoisotopic (exact) mass is 351 g/mol. The lowest BCUT2D eigenvalue weighted by molar-refractivity contribution is -0.122. The number of amides is 2. The molecule has 7 heteroatoms. The van der Waals surface area contributed by atoms with Gasteiger partial charge in [0.2, 0.25) is 11.8 Å². The molecule has 0 bridgehead atoms. The first-order chi connectivity index (χ1) is 10.9. The van der Waals surface area contributed by atoms with Gasteiger partial charge in [0.05, 0.1) is 19.0 Å². The van der Waals surface area contributed by atoms with Gasteiger partial charge in [-0.1, -0.05) is 23.7 Å². The highest BCUT2D eigenvalue weighted by molar-refractivity contribution is 7.09. The number of carbonyl (C=O) groups excluding carboxylic acids is 2. The lowest BCUT2D eigenvalue weighted by Crippen LogP contribution is -2.32. The minimum Gasteiger partial charge on any atom is -0.350 e. The van der Waals surface area contributed by atoms with Crippen molar-refractivity contribution in [3.8, 4) is 0 Å². The fourth-order valence-corrected chi connectivity index (χ4v) is 2.95. The number of halogens is 1.